The lowest BCUT2D eigenvalue weighted by Crippen LogP contribution is -2.31. The van der Waals surface area contributed by atoms with Crippen molar-refractivity contribution in [3.8, 4) is 6.07 Å². The first-order chi connectivity index (χ1) is 8.08. The molecule has 3 N–H and O–H groups in total. The van der Waals surface area contributed by atoms with Gasteiger partial charge in [-0.05, 0) is 20.0 Å². The quantitative estimate of drug-likeness (QED) is 0.440. The number of nitrogens with one attached hydrogen (secondary N) is 1. The number of furan rings is 1. The minimum atomic E-state index is -0.379. The highest BCUT2D eigenvalue weighted by atomic mass is 16.3. The monoisotopic (exact) mass is 236 g/mol. The third-order valence-electron chi connectivity index (χ3n) is 2.34. The van der Waals surface area contributed by atoms with Gasteiger partial charge in [-0.2, -0.15) is 5.26 Å². The van der Waals surface area contributed by atoms with E-state index in [0.717, 1.165) is 0 Å². The fraction of sp³-hybridized carbons (Fsp3) is 0.455. The molecule has 0 saturated heterocycles. The summed E-state index contributed by atoms with van der Waals surface area (Å²) in [6, 6.07) is 3.72. The van der Waals surface area contributed by atoms with Gasteiger partial charge in [-0.25, -0.2) is 5.84 Å². The Kier molecular flexibility index (Phi) is 4.69. The van der Waals surface area contributed by atoms with Gasteiger partial charge in [0.05, 0.1) is 30.4 Å². The summed E-state index contributed by atoms with van der Waals surface area (Å²) in [5.41, 5.74) is 2.48. The van der Waals surface area contributed by atoms with Crippen molar-refractivity contribution in [3.63, 3.8) is 0 Å². The Morgan fingerprint density at radius 2 is 2.47 bits per heavy atom. The average Bonchev–Trinajstić information content (AvgIpc) is 2.75. The summed E-state index contributed by atoms with van der Waals surface area (Å²) in [6.07, 6.45) is 1.45. The lowest BCUT2D eigenvalue weighted by Gasteiger charge is -2.16. The highest BCUT2D eigenvalue weighted by Crippen LogP contribution is 2.13. The first-order valence-corrected chi connectivity index (χ1v) is 5.24. The number of rotatable bonds is 5. The largest absolute Gasteiger partial charge is 0.467 e. The predicted octanol–water partition coefficient (Wildman–Crippen LogP) is 0.475. The Morgan fingerprint density at radius 3 is 3.06 bits per heavy atom. The maximum Gasteiger partial charge on any atom is 0.268 e. The zero-order valence-corrected chi connectivity index (χ0v) is 9.93. The van der Waals surface area contributed by atoms with Crippen molar-refractivity contribution in [2.75, 3.05) is 13.6 Å². The number of carbonyl (C=O) groups is 1. The Hall–Kier alpha value is -1.84. The molecule has 0 aliphatic carbocycles. The summed E-state index contributed by atoms with van der Waals surface area (Å²) in [5.74, 6) is 5.16. The van der Waals surface area contributed by atoms with E-state index in [-0.39, 0.29) is 11.8 Å². The summed E-state index contributed by atoms with van der Waals surface area (Å²) in [4.78, 5) is 13.3. The number of hydrazine groups is 1. The van der Waals surface area contributed by atoms with Crippen LogP contribution in [0.25, 0.3) is 0 Å². The fourth-order valence-electron chi connectivity index (χ4n) is 1.56. The minimum Gasteiger partial charge on any atom is -0.467 e. The van der Waals surface area contributed by atoms with Crippen molar-refractivity contribution in [1.82, 2.24) is 10.3 Å². The zero-order chi connectivity index (χ0) is 12.8. The molecule has 1 amide bonds. The van der Waals surface area contributed by atoms with Gasteiger partial charge in [-0.3, -0.25) is 15.1 Å². The van der Waals surface area contributed by atoms with Crippen molar-refractivity contribution in [2.45, 2.75) is 13.5 Å². The smallest absolute Gasteiger partial charge is 0.268 e. The van der Waals surface area contributed by atoms with Crippen molar-refractivity contribution < 1.29 is 9.21 Å². The first kappa shape index (κ1) is 13.2. The van der Waals surface area contributed by atoms with Gasteiger partial charge in [0.25, 0.3) is 5.91 Å². The van der Waals surface area contributed by atoms with Gasteiger partial charge in [0, 0.05) is 6.54 Å². The van der Waals surface area contributed by atoms with Crippen LogP contribution in [-0.2, 0) is 6.54 Å². The molecule has 6 heteroatoms. The maximum atomic E-state index is 11.4. The molecule has 0 aliphatic rings. The summed E-state index contributed by atoms with van der Waals surface area (Å²) < 4.78 is 5.23. The number of nitrogen functional groups attached to an aromatic ring is 1. The van der Waals surface area contributed by atoms with Crippen LogP contribution in [0.1, 0.15) is 23.0 Å². The van der Waals surface area contributed by atoms with Gasteiger partial charge in [0.1, 0.15) is 5.76 Å². The van der Waals surface area contributed by atoms with E-state index in [2.05, 4.69) is 11.5 Å². The second kappa shape index (κ2) is 6.03. The van der Waals surface area contributed by atoms with Crippen molar-refractivity contribution in [1.29, 1.82) is 5.26 Å². The van der Waals surface area contributed by atoms with E-state index < -0.39 is 0 Å². The van der Waals surface area contributed by atoms with Crippen molar-refractivity contribution in [2.24, 2.45) is 11.8 Å². The van der Waals surface area contributed by atoms with Crippen LogP contribution in [0.15, 0.2) is 16.7 Å². The number of nitrogens with zero attached hydrogens (tertiary/aromatic N) is 2. The number of hydrogen-bond acceptors (Lipinski definition) is 5. The van der Waals surface area contributed by atoms with E-state index >= 15 is 0 Å². The highest BCUT2D eigenvalue weighted by Gasteiger charge is 2.15. The number of nitriles is 1. The number of carbonyl (C=O) groups excluding carboxylic acids is 1. The topological polar surface area (TPSA) is 95.3 Å². The van der Waals surface area contributed by atoms with E-state index in [1.807, 2.05) is 18.9 Å². The molecule has 1 atom stereocenters. The number of nitrogens with two attached hydrogens (primary N) is 1. The van der Waals surface area contributed by atoms with E-state index in [4.69, 9.17) is 15.5 Å². The van der Waals surface area contributed by atoms with Crippen LogP contribution in [0.5, 0.6) is 0 Å². The Bertz CT molecular complexity index is 421. The van der Waals surface area contributed by atoms with Crippen LogP contribution in [0.2, 0.25) is 0 Å². The standard InChI is InChI=1S/C11H16N4O2/c1-8(5-12)6-15(2)7-10-9(3-4-17-10)11(16)14-13/h3-4,8H,6-7,13H2,1-2H3,(H,14,16). The van der Waals surface area contributed by atoms with Crippen LogP contribution in [0, 0.1) is 17.2 Å². The Balaban J connectivity index is 2.66. The van der Waals surface area contributed by atoms with Gasteiger partial charge in [-0.15, -0.1) is 0 Å². The van der Waals surface area contributed by atoms with Gasteiger partial charge >= 0.3 is 0 Å². The van der Waals surface area contributed by atoms with Gasteiger partial charge in [0.2, 0.25) is 0 Å². The summed E-state index contributed by atoms with van der Waals surface area (Å²) in [7, 11) is 1.86. The van der Waals surface area contributed by atoms with Crippen molar-refractivity contribution >= 4 is 5.91 Å². The molecule has 0 spiro atoms. The molecule has 0 radical (unpaired) electrons. The van der Waals surface area contributed by atoms with Crippen LogP contribution < -0.4 is 11.3 Å². The molecule has 1 rings (SSSR count). The van der Waals surface area contributed by atoms with E-state index in [1.54, 1.807) is 6.07 Å². The minimum absolute atomic E-state index is 0.0678. The summed E-state index contributed by atoms with van der Waals surface area (Å²) >= 11 is 0. The molecule has 0 aliphatic heterocycles. The lowest BCUT2D eigenvalue weighted by molar-refractivity contribution is 0.0950. The Morgan fingerprint density at radius 1 is 1.76 bits per heavy atom. The SMILES string of the molecule is CC(C#N)CN(C)Cc1occc1C(=O)NN. The molecule has 1 unspecified atom stereocenters. The second-order valence-corrected chi connectivity index (χ2v) is 3.96. The number of amides is 1. The predicted molar refractivity (Wildman–Crippen MR) is 61.5 cm³/mol. The fourth-order valence-corrected chi connectivity index (χ4v) is 1.56. The van der Waals surface area contributed by atoms with Crippen LogP contribution in [0.3, 0.4) is 0 Å². The second-order valence-electron chi connectivity index (χ2n) is 3.96. The zero-order valence-electron chi connectivity index (χ0n) is 9.93. The molecule has 1 aromatic heterocycles. The molecule has 1 heterocycles. The average molecular weight is 236 g/mol. The molecule has 92 valence electrons. The number of hydrogen-bond donors (Lipinski definition) is 2. The molecule has 0 bridgehead atoms. The molecule has 6 nitrogen and oxygen atoms in total. The third kappa shape index (κ3) is 3.59. The summed E-state index contributed by atoms with van der Waals surface area (Å²) in [6.45, 7) is 2.91. The molecular weight excluding hydrogens is 220 g/mol. The van der Waals surface area contributed by atoms with Crippen molar-refractivity contribution in [3.05, 3.63) is 23.7 Å². The van der Waals surface area contributed by atoms with Crippen LogP contribution in [0.4, 0.5) is 0 Å². The third-order valence-corrected chi connectivity index (χ3v) is 2.34. The highest BCUT2D eigenvalue weighted by molar-refractivity contribution is 5.94. The molecule has 0 saturated carbocycles. The van der Waals surface area contributed by atoms with Crippen LogP contribution >= 0.6 is 0 Å². The molecular formula is C11H16N4O2. The van der Waals surface area contributed by atoms with E-state index in [0.29, 0.717) is 24.4 Å². The molecule has 0 fully saturated rings. The van der Waals surface area contributed by atoms with Crippen LogP contribution in [-0.4, -0.2) is 24.4 Å². The molecule has 0 aromatic carbocycles. The Labute approximate surface area is 100.0 Å². The maximum absolute atomic E-state index is 11.4. The first-order valence-electron chi connectivity index (χ1n) is 5.24. The normalized spacial score (nSPS) is 12.2. The molecule has 17 heavy (non-hydrogen) atoms. The lowest BCUT2D eigenvalue weighted by atomic mass is 10.2. The van der Waals surface area contributed by atoms with Gasteiger partial charge < -0.3 is 4.42 Å². The van der Waals surface area contributed by atoms with E-state index in [1.165, 1.54) is 6.26 Å². The summed E-state index contributed by atoms with van der Waals surface area (Å²) in [5, 5.41) is 8.71. The van der Waals surface area contributed by atoms with E-state index in [9.17, 15) is 4.79 Å². The molecule has 1 aromatic rings. The van der Waals surface area contributed by atoms with Gasteiger partial charge in [-0.1, -0.05) is 0 Å². The van der Waals surface area contributed by atoms with Gasteiger partial charge in [0.15, 0.2) is 0 Å².